The van der Waals surface area contributed by atoms with E-state index in [0.717, 1.165) is 59.3 Å². The second-order valence-corrected chi connectivity index (χ2v) is 12.7. The van der Waals surface area contributed by atoms with Crippen molar-refractivity contribution >= 4 is 48.5 Å². The van der Waals surface area contributed by atoms with Gasteiger partial charge in [0.05, 0.1) is 21.8 Å². The van der Waals surface area contributed by atoms with Crippen molar-refractivity contribution in [1.29, 1.82) is 0 Å². The topological polar surface area (TPSA) is 66.4 Å². The third-order valence-corrected chi connectivity index (χ3v) is 10.1. The molecule has 1 atom stereocenters. The minimum absolute atomic E-state index is 0.158. The first kappa shape index (κ1) is 21.2. The van der Waals surface area contributed by atoms with Crippen molar-refractivity contribution in [3.05, 3.63) is 53.2 Å². The first-order valence-corrected chi connectivity index (χ1v) is 14.7. The molecule has 0 radical (unpaired) electrons. The van der Waals surface area contributed by atoms with E-state index in [-0.39, 0.29) is 6.04 Å². The first-order chi connectivity index (χ1) is 16.1. The lowest BCUT2D eigenvalue weighted by atomic mass is 10.1. The normalized spacial score (nSPS) is 21.1. The summed E-state index contributed by atoms with van der Waals surface area (Å²) in [5.41, 5.74) is 2.35. The van der Waals surface area contributed by atoms with Crippen molar-refractivity contribution in [3.63, 3.8) is 0 Å². The Hall–Kier alpha value is -2.33. The molecule has 33 heavy (non-hydrogen) atoms. The van der Waals surface area contributed by atoms with Crippen molar-refractivity contribution in [2.24, 2.45) is 0 Å². The van der Waals surface area contributed by atoms with Crippen LogP contribution in [0.1, 0.15) is 6.42 Å². The number of fused-ring (bicyclic) bond motifs is 1. The van der Waals surface area contributed by atoms with E-state index in [2.05, 4.69) is 50.9 Å². The Balaban J connectivity index is 1.37. The number of hydrogen-bond acceptors (Lipinski definition) is 8. The lowest BCUT2D eigenvalue weighted by molar-refractivity contribution is 0.200. The van der Waals surface area contributed by atoms with Crippen LogP contribution in [0.2, 0.25) is 0 Å². The van der Waals surface area contributed by atoms with Crippen molar-refractivity contribution in [2.45, 2.75) is 12.5 Å². The second-order valence-electron chi connectivity index (χ2n) is 8.62. The highest BCUT2D eigenvalue weighted by molar-refractivity contribution is 7.91. The minimum atomic E-state index is -2.87. The first-order valence-electron chi connectivity index (χ1n) is 11.2. The van der Waals surface area contributed by atoms with Crippen LogP contribution in [-0.4, -0.2) is 67.0 Å². The van der Waals surface area contributed by atoms with Gasteiger partial charge in [-0.3, -0.25) is 4.90 Å². The van der Waals surface area contributed by atoms with Crippen molar-refractivity contribution in [1.82, 2.24) is 14.9 Å². The molecule has 9 heteroatoms. The smallest absolute Gasteiger partial charge is 0.173 e. The zero-order chi connectivity index (χ0) is 22.4. The van der Waals surface area contributed by atoms with E-state index in [9.17, 15) is 8.42 Å². The summed E-state index contributed by atoms with van der Waals surface area (Å²) in [6.45, 7) is 3.36. The molecule has 4 aromatic rings. The van der Waals surface area contributed by atoms with Crippen LogP contribution >= 0.6 is 22.7 Å². The number of anilines is 1. The number of hydrogen-bond donors (Lipinski definition) is 0. The monoisotopic (exact) mass is 496 g/mol. The predicted octanol–water partition coefficient (Wildman–Crippen LogP) is 4.40. The van der Waals surface area contributed by atoms with Crippen LogP contribution in [0, 0.1) is 0 Å². The Kier molecular flexibility index (Phi) is 5.44. The maximum Gasteiger partial charge on any atom is 0.173 e. The number of sulfone groups is 1. The van der Waals surface area contributed by atoms with Crippen LogP contribution in [0.5, 0.6) is 0 Å². The number of piperazine rings is 1. The van der Waals surface area contributed by atoms with Crippen molar-refractivity contribution < 1.29 is 8.42 Å². The third kappa shape index (κ3) is 4.07. The van der Waals surface area contributed by atoms with Crippen LogP contribution in [-0.2, 0) is 9.84 Å². The molecule has 6 rings (SSSR count). The Morgan fingerprint density at radius 2 is 1.76 bits per heavy atom. The summed E-state index contributed by atoms with van der Waals surface area (Å²) in [5, 5.41) is 5.36. The highest BCUT2D eigenvalue weighted by atomic mass is 32.2. The number of benzene rings is 1. The molecule has 0 saturated carbocycles. The van der Waals surface area contributed by atoms with Gasteiger partial charge in [-0.1, -0.05) is 36.4 Å². The largest absolute Gasteiger partial charge is 0.353 e. The molecule has 2 saturated heterocycles. The average molecular weight is 497 g/mol. The van der Waals surface area contributed by atoms with Crippen molar-refractivity contribution in [2.75, 3.05) is 42.6 Å². The van der Waals surface area contributed by atoms with Gasteiger partial charge in [-0.15, -0.1) is 22.7 Å². The molecule has 6 nitrogen and oxygen atoms in total. The Bertz CT molecular complexity index is 1380. The van der Waals surface area contributed by atoms with Gasteiger partial charge >= 0.3 is 0 Å². The molecule has 3 aromatic heterocycles. The summed E-state index contributed by atoms with van der Waals surface area (Å²) in [6.07, 6.45) is 0.755. The van der Waals surface area contributed by atoms with Gasteiger partial charge in [-0.2, -0.15) is 0 Å². The summed E-state index contributed by atoms with van der Waals surface area (Å²) in [6, 6.07) is 14.7. The molecule has 0 spiro atoms. The Labute approximate surface area is 201 Å². The van der Waals surface area contributed by atoms with Gasteiger partial charge in [-0.25, -0.2) is 18.4 Å². The van der Waals surface area contributed by atoms with Crippen LogP contribution < -0.4 is 4.90 Å². The molecule has 1 unspecified atom stereocenters. The lowest BCUT2D eigenvalue weighted by Crippen LogP contribution is -2.51. The van der Waals surface area contributed by atoms with E-state index in [4.69, 9.17) is 9.97 Å². The molecule has 5 heterocycles. The maximum absolute atomic E-state index is 12.0. The maximum atomic E-state index is 12.0. The Morgan fingerprint density at radius 3 is 2.45 bits per heavy atom. The van der Waals surface area contributed by atoms with E-state index in [1.807, 2.05) is 12.1 Å². The number of aromatic nitrogens is 2. The van der Waals surface area contributed by atoms with Gasteiger partial charge in [0.15, 0.2) is 15.7 Å². The summed E-state index contributed by atoms with van der Waals surface area (Å²) >= 11 is 3.32. The molecular formula is C24H24N4O2S3. The number of nitrogens with zero attached hydrogens (tertiary/aromatic N) is 4. The molecule has 2 aliphatic heterocycles. The van der Waals surface area contributed by atoms with Gasteiger partial charge < -0.3 is 4.90 Å². The third-order valence-electron chi connectivity index (χ3n) is 6.58. The number of rotatable bonds is 4. The summed E-state index contributed by atoms with van der Waals surface area (Å²) in [7, 11) is -2.87. The van der Waals surface area contributed by atoms with Gasteiger partial charge in [-0.05, 0) is 23.4 Å². The second kappa shape index (κ2) is 8.47. The molecule has 2 aliphatic rings. The fourth-order valence-electron chi connectivity index (χ4n) is 4.86. The molecule has 0 amide bonds. The number of thiophene rings is 2. The molecule has 0 bridgehead atoms. The fourth-order valence-corrected chi connectivity index (χ4v) is 8.22. The predicted molar refractivity (Wildman–Crippen MR) is 137 cm³/mol. The average Bonchev–Trinajstić information content (AvgIpc) is 3.59. The van der Waals surface area contributed by atoms with E-state index in [1.165, 1.54) is 11.1 Å². The molecule has 2 fully saturated rings. The van der Waals surface area contributed by atoms with Crippen LogP contribution in [0.3, 0.4) is 0 Å². The van der Waals surface area contributed by atoms with Crippen LogP contribution in [0.4, 0.5) is 5.82 Å². The van der Waals surface area contributed by atoms with E-state index < -0.39 is 9.84 Å². The summed E-state index contributed by atoms with van der Waals surface area (Å²) < 4.78 is 23.9. The van der Waals surface area contributed by atoms with Crippen LogP contribution in [0.25, 0.3) is 32.0 Å². The molecule has 0 aliphatic carbocycles. The quantitative estimate of drug-likeness (QED) is 0.417. The van der Waals surface area contributed by atoms with E-state index >= 15 is 0 Å². The fraction of sp³-hybridized carbons (Fsp3) is 0.333. The molecule has 0 N–H and O–H groups in total. The molecular weight excluding hydrogens is 472 g/mol. The lowest BCUT2D eigenvalue weighted by Gasteiger charge is -2.38. The highest BCUT2D eigenvalue weighted by Crippen LogP contribution is 2.40. The standard InChI is InChI=1S/C24H24N4O2S3/c29-33(30)14-8-18(16-33)27-9-11-28(12-10-27)23-21-19(17-5-2-1-3-6-17)15-32-24(21)26-22(25-23)20-7-4-13-31-20/h1-7,13,15,18H,8-12,14,16H2. The molecule has 1 aromatic carbocycles. The summed E-state index contributed by atoms with van der Waals surface area (Å²) in [4.78, 5) is 16.8. The SMILES string of the molecule is O=S1(=O)CCC(N2CCN(c3nc(-c4cccs4)nc4scc(-c5ccccc5)c34)CC2)C1. The minimum Gasteiger partial charge on any atom is -0.353 e. The van der Waals surface area contributed by atoms with Gasteiger partial charge in [0.2, 0.25) is 0 Å². The van der Waals surface area contributed by atoms with E-state index in [0.29, 0.717) is 11.5 Å². The zero-order valence-electron chi connectivity index (χ0n) is 18.1. The van der Waals surface area contributed by atoms with E-state index in [1.54, 1.807) is 22.7 Å². The van der Waals surface area contributed by atoms with Crippen molar-refractivity contribution in [3.8, 4) is 21.8 Å². The van der Waals surface area contributed by atoms with Gasteiger partial charge in [0.25, 0.3) is 0 Å². The summed E-state index contributed by atoms with van der Waals surface area (Å²) in [5.74, 6) is 2.39. The molecule has 170 valence electrons. The Morgan fingerprint density at radius 1 is 0.939 bits per heavy atom. The van der Waals surface area contributed by atoms with Gasteiger partial charge in [0.1, 0.15) is 10.6 Å². The van der Waals surface area contributed by atoms with Gasteiger partial charge in [0, 0.05) is 43.2 Å². The highest BCUT2D eigenvalue weighted by Gasteiger charge is 2.34. The van der Waals surface area contributed by atoms with Crippen LogP contribution in [0.15, 0.2) is 53.2 Å². The zero-order valence-corrected chi connectivity index (χ0v) is 20.5.